The summed E-state index contributed by atoms with van der Waals surface area (Å²) >= 11 is 5.75. The molecule has 0 spiro atoms. The van der Waals surface area contributed by atoms with E-state index in [0.29, 0.717) is 12.5 Å². The lowest BCUT2D eigenvalue weighted by Gasteiger charge is -2.11. The molecule has 2 N–H and O–H groups in total. The van der Waals surface area contributed by atoms with E-state index in [1.54, 1.807) is 0 Å². The van der Waals surface area contributed by atoms with Gasteiger partial charge in [0.1, 0.15) is 10.7 Å². The molecule has 1 aromatic carbocycles. The molecule has 1 fully saturated rings. The van der Waals surface area contributed by atoms with Crippen molar-refractivity contribution in [2.24, 2.45) is 5.92 Å². The van der Waals surface area contributed by atoms with Crippen LogP contribution < -0.4 is 10.0 Å². The fourth-order valence-corrected chi connectivity index (χ4v) is 3.82. The van der Waals surface area contributed by atoms with Gasteiger partial charge >= 0.3 is 0 Å². The molecule has 0 amide bonds. The third-order valence-electron chi connectivity index (χ3n) is 3.19. The van der Waals surface area contributed by atoms with Crippen LogP contribution in [0.2, 0.25) is 5.02 Å². The Kier molecular flexibility index (Phi) is 4.78. The molecule has 1 heterocycles. The highest BCUT2D eigenvalue weighted by molar-refractivity contribution is 7.89. The molecule has 1 atom stereocenters. The molecular weight excluding hydrogens is 291 g/mol. The second-order valence-corrected chi connectivity index (χ2v) is 6.71. The molecule has 1 aliphatic rings. The van der Waals surface area contributed by atoms with Crippen LogP contribution in [0.4, 0.5) is 4.39 Å². The van der Waals surface area contributed by atoms with Gasteiger partial charge in [0.05, 0.1) is 5.02 Å². The molecule has 1 aromatic rings. The highest BCUT2D eigenvalue weighted by Crippen LogP contribution is 2.24. The first-order chi connectivity index (χ1) is 9.00. The molecule has 106 valence electrons. The number of sulfonamides is 1. The summed E-state index contributed by atoms with van der Waals surface area (Å²) in [5, 5.41) is 3.11. The minimum absolute atomic E-state index is 0.102. The van der Waals surface area contributed by atoms with Gasteiger partial charge in [-0.05, 0) is 44.0 Å². The van der Waals surface area contributed by atoms with Gasteiger partial charge in [-0.2, -0.15) is 0 Å². The number of benzene rings is 1. The van der Waals surface area contributed by atoms with Crippen molar-refractivity contribution in [1.29, 1.82) is 0 Å². The van der Waals surface area contributed by atoms with Crippen molar-refractivity contribution in [2.75, 3.05) is 19.6 Å². The van der Waals surface area contributed by atoms with Gasteiger partial charge in [0.15, 0.2) is 0 Å². The summed E-state index contributed by atoms with van der Waals surface area (Å²) < 4.78 is 40.0. The first-order valence-electron chi connectivity index (χ1n) is 6.15. The molecule has 2 rings (SSSR count). The maximum Gasteiger partial charge on any atom is 0.244 e. The molecule has 0 saturated carbocycles. The van der Waals surface area contributed by atoms with Crippen LogP contribution in [0.15, 0.2) is 23.1 Å². The van der Waals surface area contributed by atoms with E-state index in [2.05, 4.69) is 10.0 Å². The molecule has 0 bridgehead atoms. The smallest absolute Gasteiger partial charge is 0.244 e. The van der Waals surface area contributed by atoms with Crippen molar-refractivity contribution >= 4 is 21.6 Å². The second kappa shape index (κ2) is 6.17. The third kappa shape index (κ3) is 3.66. The molecule has 0 radical (unpaired) electrons. The largest absolute Gasteiger partial charge is 0.316 e. The van der Waals surface area contributed by atoms with Gasteiger partial charge in [-0.3, -0.25) is 0 Å². The van der Waals surface area contributed by atoms with E-state index < -0.39 is 20.7 Å². The zero-order chi connectivity index (χ0) is 13.9. The lowest BCUT2D eigenvalue weighted by atomic mass is 10.1. The highest BCUT2D eigenvalue weighted by atomic mass is 35.5. The van der Waals surface area contributed by atoms with E-state index in [1.165, 1.54) is 12.1 Å². The summed E-state index contributed by atoms with van der Waals surface area (Å²) in [6, 6.07) is 3.82. The first kappa shape index (κ1) is 14.7. The van der Waals surface area contributed by atoms with Crippen LogP contribution in [-0.2, 0) is 10.0 Å². The number of halogens is 2. The van der Waals surface area contributed by atoms with Gasteiger partial charge < -0.3 is 5.32 Å². The van der Waals surface area contributed by atoms with Gasteiger partial charge in [0.2, 0.25) is 10.0 Å². The minimum atomic E-state index is -3.89. The molecule has 1 aliphatic heterocycles. The van der Waals surface area contributed by atoms with Crippen LogP contribution in [0, 0.1) is 11.7 Å². The molecule has 0 aliphatic carbocycles. The van der Waals surface area contributed by atoms with Crippen LogP contribution in [-0.4, -0.2) is 28.1 Å². The fraction of sp³-hybridized carbons (Fsp3) is 0.500. The SMILES string of the molecule is O=S(=O)(NCCC1CCNC1)c1c(F)cccc1Cl. The molecule has 0 aromatic heterocycles. The van der Waals surface area contributed by atoms with Crippen molar-refractivity contribution in [2.45, 2.75) is 17.7 Å². The van der Waals surface area contributed by atoms with Gasteiger partial charge in [-0.15, -0.1) is 0 Å². The fourth-order valence-electron chi connectivity index (χ4n) is 2.17. The Balaban J connectivity index is 2.01. The molecule has 1 unspecified atom stereocenters. The van der Waals surface area contributed by atoms with Crippen LogP contribution in [0.5, 0.6) is 0 Å². The Hall–Kier alpha value is -0.690. The highest BCUT2D eigenvalue weighted by Gasteiger charge is 2.23. The van der Waals surface area contributed by atoms with Crippen molar-refractivity contribution in [1.82, 2.24) is 10.0 Å². The normalized spacial score (nSPS) is 19.8. The zero-order valence-electron chi connectivity index (χ0n) is 10.3. The van der Waals surface area contributed by atoms with Crippen LogP contribution in [0.25, 0.3) is 0 Å². The zero-order valence-corrected chi connectivity index (χ0v) is 11.9. The van der Waals surface area contributed by atoms with Crippen molar-refractivity contribution in [3.63, 3.8) is 0 Å². The third-order valence-corrected chi connectivity index (χ3v) is 5.16. The van der Waals surface area contributed by atoms with Gasteiger partial charge in [0, 0.05) is 6.54 Å². The average molecular weight is 307 g/mol. The van der Waals surface area contributed by atoms with E-state index in [-0.39, 0.29) is 5.02 Å². The van der Waals surface area contributed by atoms with Crippen LogP contribution >= 0.6 is 11.6 Å². The lowest BCUT2D eigenvalue weighted by molar-refractivity contribution is 0.515. The number of rotatable bonds is 5. The standard InChI is InChI=1S/C12H16ClFN2O2S/c13-10-2-1-3-11(14)12(10)19(17,18)16-7-5-9-4-6-15-8-9/h1-3,9,15-16H,4-8H2. The van der Waals surface area contributed by atoms with E-state index in [9.17, 15) is 12.8 Å². The van der Waals surface area contributed by atoms with Crippen molar-refractivity contribution in [3.05, 3.63) is 29.0 Å². The summed E-state index contributed by atoms with van der Waals surface area (Å²) in [5.41, 5.74) is 0. The molecule has 19 heavy (non-hydrogen) atoms. The number of hydrogen-bond donors (Lipinski definition) is 2. The summed E-state index contributed by atoms with van der Waals surface area (Å²) in [5.74, 6) is -0.360. The van der Waals surface area contributed by atoms with Gasteiger partial charge in [-0.25, -0.2) is 17.5 Å². The Morgan fingerprint density at radius 3 is 2.89 bits per heavy atom. The predicted molar refractivity (Wildman–Crippen MR) is 72.2 cm³/mol. The van der Waals surface area contributed by atoms with E-state index >= 15 is 0 Å². The quantitative estimate of drug-likeness (QED) is 0.871. The van der Waals surface area contributed by atoms with E-state index in [4.69, 9.17) is 11.6 Å². The molecule has 1 saturated heterocycles. The van der Waals surface area contributed by atoms with Crippen LogP contribution in [0.3, 0.4) is 0 Å². The molecule has 4 nitrogen and oxygen atoms in total. The average Bonchev–Trinajstić information content (AvgIpc) is 2.81. The summed E-state index contributed by atoms with van der Waals surface area (Å²) in [6.07, 6.45) is 1.78. The van der Waals surface area contributed by atoms with Crippen molar-refractivity contribution < 1.29 is 12.8 Å². The molecular formula is C12H16ClFN2O2S. The van der Waals surface area contributed by atoms with Crippen LogP contribution in [0.1, 0.15) is 12.8 Å². The maximum absolute atomic E-state index is 13.6. The molecule has 7 heteroatoms. The Morgan fingerprint density at radius 2 is 2.26 bits per heavy atom. The van der Waals surface area contributed by atoms with Gasteiger partial charge in [0.25, 0.3) is 0 Å². The van der Waals surface area contributed by atoms with Gasteiger partial charge in [-0.1, -0.05) is 17.7 Å². The topological polar surface area (TPSA) is 58.2 Å². The summed E-state index contributed by atoms with van der Waals surface area (Å²) in [4.78, 5) is -0.471. The first-order valence-corrected chi connectivity index (χ1v) is 8.01. The number of hydrogen-bond acceptors (Lipinski definition) is 3. The minimum Gasteiger partial charge on any atom is -0.316 e. The van der Waals surface area contributed by atoms with E-state index in [1.807, 2.05) is 0 Å². The summed E-state index contributed by atoms with van der Waals surface area (Å²) in [6.45, 7) is 2.16. The Labute approximate surface area is 117 Å². The monoisotopic (exact) mass is 306 g/mol. The Bertz CT molecular complexity index is 524. The number of nitrogens with one attached hydrogen (secondary N) is 2. The Morgan fingerprint density at radius 1 is 1.47 bits per heavy atom. The predicted octanol–water partition coefficient (Wildman–Crippen LogP) is 1.76. The second-order valence-electron chi connectivity index (χ2n) is 4.60. The lowest BCUT2D eigenvalue weighted by Crippen LogP contribution is -2.27. The maximum atomic E-state index is 13.6. The van der Waals surface area contributed by atoms with E-state index in [0.717, 1.165) is 32.0 Å². The van der Waals surface area contributed by atoms with Crippen molar-refractivity contribution in [3.8, 4) is 0 Å². The summed E-state index contributed by atoms with van der Waals surface area (Å²) in [7, 11) is -3.89.